The van der Waals surface area contributed by atoms with Crippen LogP contribution in [-0.2, 0) is 20.1 Å². The van der Waals surface area contributed by atoms with Gasteiger partial charge in [-0.05, 0) is 0 Å². The van der Waals surface area contributed by atoms with Crippen LogP contribution in [0.5, 0.6) is 0 Å². The molecule has 0 aliphatic heterocycles. The molecule has 0 N–H and O–H groups in total. The summed E-state index contributed by atoms with van der Waals surface area (Å²) in [6.07, 6.45) is 0. The summed E-state index contributed by atoms with van der Waals surface area (Å²) in [4.78, 5) is 0. The maximum absolute atomic E-state index is 6.25. The molecule has 0 saturated heterocycles. The Balaban J connectivity index is -0.00000000321. The molecule has 0 amide bonds. The van der Waals surface area contributed by atoms with Crippen molar-refractivity contribution in [2.45, 2.75) is 0 Å². The van der Waals surface area contributed by atoms with E-state index in [2.05, 4.69) is 0 Å². The minimum absolute atomic E-state index is 0. The maximum atomic E-state index is 6.25. The Morgan fingerprint density at radius 3 is 0.312 bits per heavy atom. The first-order valence-electron chi connectivity index (χ1n) is 1.34. The average Bonchev–Trinajstić information content (AvgIpc) is 2.33. The van der Waals surface area contributed by atoms with Crippen LogP contribution in [-0.4, -0.2) is 0 Å². The molecular weight excluding hydrogens is 466 g/mol. The summed E-state index contributed by atoms with van der Waals surface area (Å²) in [6, 6.07) is 0. The minimum atomic E-state index is 0. The van der Waals surface area contributed by atoms with E-state index < -0.39 is 0 Å². The van der Waals surface area contributed by atoms with Crippen LogP contribution in [0, 0.1) is 71.0 Å². The van der Waals surface area contributed by atoms with Gasteiger partial charge in [-0.2, -0.15) is 0 Å². The van der Waals surface area contributed by atoms with E-state index in [-0.39, 0.29) is 174 Å². The molecule has 0 atom stereocenters. The fourth-order valence-corrected chi connectivity index (χ4v) is 0. The first-order chi connectivity index (χ1) is 6.00. The summed E-state index contributed by atoms with van der Waals surface area (Å²) < 4.78 is 0. The van der Waals surface area contributed by atoms with E-state index >= 15 is 0 Å². The molecular formula is C6IrK3N6-3. The van der Waals surface area contributed by atoms with Crippen LogP contribution in [0.25, 0.3) is 0 Å². The zero-order chi connectivity index (χ0) is 12.0. The molecule has 69 valence electrons. The van der Waals surface area contributed by atoms with Gasteiger partial charge in [0.1, 0.15) is 0 Å². The van der Waals surface area contributed by atoms with Crippen LogP contribution in [0.2, 0.25) is 0 Å². The second-order valence-corrected chi connectivity index (χ2v) is 0. The molecule has 0 rings (SSSR count). The predicted molar refractivity (Wildman–Crippen MR) is 29.8 cm³/mol. The SMILES string of the molecule is [C-]#N.[C-]#N.[C-]#N.[C-]#N.[C-]#N.[C-]#N.[Ir].[K+].[K+].[K+]. The van der Waals surface area contributed by atoms with Crippen molar-refractivity contribution in [1.29, 1.82) is 31.6 Å². The Labute approximate surface area is 238 Å². The summed E-state index contributed by atoms with van der Waals surface area (Å²) in [5, 5.41) is 37.5. The van der Waals surface area contributed by atoms with Gasteiger partial charge in [0.25, 0.3) is 0 Å². The quantitative estimate of drug-likeness (QED) is 0.257. The van der Waals surface area contributed by atoms with Crippen molar-refractivity contribution in [1.82, 2.24) is 0 Å². The molecule has 0 spiro atoms. The predicted octanol–water partition coefficient (Wildman–Crippen LogP) is -8.41. The summed E-state index contributed by atoms with van der Waals surface area (Å²) >= 11 is 0. The van der Waals surface area contributed by atoms with E-state index in [1.54, 1.807) is 0 Å². The van der Waals surface area contributed by atoms with Gasteiger partial charge in [-0.15, -0.1) is 0 Å². The van der Waals surface area contributed by atoms with Gasteiger partial charge in [0.2, 0.25) is 0 Å². The third-order valence-corrected chi connectivity index (χ3v) is 0. The Morgan fingerprint density at radius 1 is 0.312 bits per heavy atom. The summed E-state index contributed by atoms with van der Waals surface area (Å²) in [6.45, 7) is 28.5. The second kappa shape index (κ2) is 763. The van der Waals surface area contributed by atoms with Crippen molar-refractivity contribution in [3.05, 3.63) is 39.4 Å². The fourth-order valence-electron chi connectivity index (χ4n) is 0. The van der Waals surface area contributed by atoms with Crippen LogP contribution < -0.4 is 154 Å². The molecule has 0 aromatic heterocycles. The van der Waals surface area contributed by atoms with Gasteiger partial charge in [0.15, 0.2) is 0 Å². The van der Waals surface area contributed by atoms with Crippen molar-refractivity contribution in [2.24, 2.45) is 0 Å². The molecule has 0 aliphatic rings. The molecule has 0 fully saturated rings. The zero-order valence-corrected chi connectivity index (χ0v) is 20.8. The molecule has 6 nitrogen and oxygen atoms in total. The van der Waals surface area contributed by atoms with Gasteiger partial charge >= 0.3 is 154 Å². The van der Waals surface area contributed by atoms with Gasteiger partial charge in [0.05, 0.1) is 0 Å². The maximum Gasteiger partial charge on any atom is 1.00 e. The van der Waals surface area contributed by atoms with Crippen LogP contribution in [0.3, 0.4) is 0 Å². The molecule has 0 unspecified atom stereocenters. The fraction of sp³-hybridized carbons (Fsp3) is 0. The van der Waals surface area contributed by atoms with Gasteiger partial charge in [-0.25, -0.2) is 0 Å². The Kier molecular flexibility index (Phi) is 3740. The molecule has 0 aromatic rings. The summed E-state index contributed by atoms with van der Waals surface area (Å²) in [5.41, 5.74) is 0. The zero-order valence-electron chi connectivity index (χ0n) is 9.02. The van der Waals surface area contributed by atoms with E-state index in [1.165, 1.54) is 0 Å². The van der Waals surface area contributed by atoms with E-state index in [4.69, 9.17) is 71.0 Å². The minimum Gasteiger partial charge on any atom is -0.512 e. The molecule has 10 heteroatoms. The summed E-state index contributed by atoms with van der Waals surface area (Å²) in [7, 11) is 0. The average molecular weight is 466 g/mol. The van der Waals surface area contributed by atoms with Crippen molar-refractivity contribution in [3.8, 4) is 0 Å². The van der Waals surface area contributed by atoms with E-state index in [0.717, 1.165) is 0 Å². The van der Waals surface area contributed by atoms with Gasteiger partial charge < -0.3 is 71.0 Å². The molecule has 0 heterocycles. The first kappa shape index (κ1) is 78.4. The van der Waals surface area contributed by atoms with Crippen molar-refractivity contribution in [2.75, 3.05) is 0 Å². The van der Waals surface area contributed by atoms with Gasteiger partial charge in [-0.3, -0.25) is 0 Å². The molecule has 0 aliphatic carbocycles. The topological polar surface area (TPSA) is 143 Å². The third-order valence-electron chi connectivity index (χ3n) is 0. The largest absolute Gasteiger partial charge is 1.00 e. The Hall–Kier alpha value is 2.50. The Morgan fingerprint density at radius 2 is 0.312 bits per heavy atom. The van der Waals surface area contributed by atoms with Crippen molar-refractivity contribution in [3.63, 3.8) is 0 Å². The van der Waals surface area contributed by atoms with Crippen molar-refractivity contribution >= 4 is 0 Å². The number of rotatable bonds is 0. The first-order valence-corrected chi connectivity index (χ1v) is 1.34. The van der Waals surface area contributed by atoms with E-state index in [0.29, 0.717) is 0 Å². The number of hydrogen-bond acceptors (Lipinski definition) is 6. The molecule has 0 bridgehead atoms. The smallest absolute Gasteiger partial charge is 0.512 e. The van der Waals surface area contributed by atoms with Crippen LogP contribution >= 0.6 is 0 Å². The van der Waals surface area contributed by atoms with E-state index in [1.807, 2.05) is 0 Å². The molecule has 16 heavy (non-hydrogen) atoms. The van der Waals surface area contributed by atoms with E-state index in [9.17, 15) is 0 Å². The third kappa shape index (κ3) is 635. The Bertz CT molecular complexity index is 103. The number of nitrogens with zero attached hydrogens (tertiary/aromatic N) is 6. The van der Waals surface area contributed by atoms with Gasteiger partial charge in [-0.1, -0.05) is 0 Å². The second-order valence-electron chi connectivity index (χ2n) is 0. The van der Waals surface area contributed by atoms with Crippen LogP contribution in [0.4, 0.5) is 0 Å². The molecule has 1 radical (unpaired) electrons. The van der Waals surface area contributed by atoms with Crippen LogP contribution in [0.1, 0.15) is 0 Å². The van der Waals surface area contributed by atoms with Crippen molar-refractivity contribution < 1.29 is 174 Å². The number of hydrogen-bond donors (Lipinski definition) is 0. The van der Waals surface area contributed by atoms with Crippen LogP contribution in [0.15, 0.2) is 0 Å². The standard InChI is InChI=1S/6CN.Ir.3K/c6*1-2;;;;/q6*-1;;3*+1. The van der Waals surface area contributed by atoms with Gasteiger partial charge in [0, 0.05) is 20.1 Å². The molecule has 0 saturated carbocycles. The monoisotopic (exact) mass is 466 g/mol. The normalized spacial score (nSPS) is 0.750. The summed E-state index contributed by atoms with van der Waals surface area (Å²) in [5.74, 6) is 0. The molecule has 0 aromatic carbocycles.